The normalized spacial score (nSPS) is 14.7. The lowest BCUT2D eigenvalue weighted by Crippen LogP contribution is -2.60. The van der Waals surface area contributed by atoms with E-state index in [2.05, 4.69) is 10.6 Å². The quantitative estimate of drug-likeness (QED) is 0.298. The first-order chi connectivity index (χ1) is 19.0. The monoisotopic (exact) mass is 545 g/mol. The van der Waals surface area contributed by atoms with E-state index < -0.39 is 17.9 Å². The molecule has 0 spiro atoms. The second-order valence-electron chi connectivity index (χ2n) is 9.03. The van der Waals surface area contributed by atoms with Gasteiger partial charge in [-0.3, -0.25) is 19.7 Å². The van der Waals surface area contributed by atoms with Gasteiger partial charge in [0.15, 0.2) is 5.11 Å². The van der Waals surface area contributed by atoms with Gasteiger partial charge in [0.1, 0.15) is 11.8 Å². The van der Waals surface area contributed by atoms with Gasteiger partial charge in [-0.1, -0.05) is 60.7 Å². The van der Waals surface area contributed by atoms with Gasteiger partial charge < -0.3 is 19.7 Å². The highest BCUT2D eigenvalue weighted by Crippen LogP contribution is 2.15. The summed E-state index contributed by atoms with van der Waals surface area (Å²) in [6.45, 7) is 1.45. The van der Waals surface area contributed by atoms with Crippen LogP contribution in [0.1, 0.15) is 27.9 Å². The Morgan fingerprint density at radius 2 is 1.51 bits per heavy atom. The summed E-state index contributed by atoms with van der Waals surface area (Å²) in [6, 6.07) is 25.6. The van der Waals surface area contributed by atoms with Crippen LogP contribution in [0.3, 0.4) is 0 Å². The van der Waals surface area contributed by atoms with Gasteiger partial charge in [-0.05, 0) is 47.6 Å². The van der Waals surface area contributed by atoms with Crippen molar-refractivity contribution in [1.82, 2.24) is 15.5 Å². The van der Waals surface area contributed by atoms with Crippen molar-refractivity contribution in [2.75, 3.05) is 26.3 Å². The smallest absolute Gasteiger partial charge is 0.308 e. The van der Waals surface area contributed by atoms with Crippen molar-refractivity contribution in [2.24, 2.45) is 0 Å². The summed E-state index contributed by atoms with van der Waals surface area (Å²) >= 11 is 5.45. The molecule has 3 aromatic carbocycles. The molecule has 4 rings (SSSR count). The molecule has 3 aromatic rings. The van der Waals surface area contributed by atoms with Crippen LogP contribution in [-0.4, -0.2) is 60.1 Å². The second-order valence-corrected chi connectivity index (χ2v) is 9.41. The van der Waals surface area contributed by atoms with Crippen LogP contribution >= 0.6 is 12.2 Å². The van der Waals surface area contributed by atoms with E-state index in [4.69, 9.17) is 21.7 Å². The first-order valence-corrected chi connectivity index (χ1v) is 13.3. The third-order valence-corrected chi connectivity index (χ3v) is 6.62. The second kappa shape index (κ2) is 14.1. The highest BCUT2D eigenvalue weighted by Gasteiger charge is 2.34. The lowest BCUT2D eigenvalue weighted by atomic mass is 10.1. The van der Waals surface area contributed by atoms with Crippen molar-refractivity contribution in [2.45, 2.75) is 25.3 Å². The largest absolute Gasteiger partial charge is 0.493 e. The van der Waals surface area contributed by atoms with Crippen molar-refractivity contribution in [1.29, 1.82) is 0 Å². The molecule has 2 amide bonds. The van der Waals surface area contributed by atoms with Crippen LogP contribution in [0.15, 0.2) is 84.9 Å². The zero-order chi connectivity index (χ0) is 27.5. The minimum atomic E-state index is -0.865. The molecule has 1 aliphatic rings. The first kappa shape index (κ1) is 27.8. The number of hydrogen-bond donors (Lipinski definition) is 2. The van der Waals surface area contributed by atoms with Crippen LogP contribution in [-0.2, 0) is 27.2 Å². The highest BCUT2D eigenvalue weighted by molar-refractivity contribution is 7.80. The molecule has 8 nitrogen and oxygen atoms in total. The van der Waals surface area contributed by atoms with Gasteiger partial charge in [-0.15, -0.1) is 0 Å². The van der Waals surface area contributed by atoms with E-state index in [1.54, 1.807) is 29.2 Å². The zero-order valence-corrected chi connectivity index (χ0v) is 22.3. The van der Waals surface area contributed by atoms with Crippen molar-refractivity contribution in [3.05, 3.63) is 102 Å². The first-order valence-electron chi connectivity index (χ1n) is 12.9. The predicted octanol–water partition coefficient (Wildman–Crippen LogP) is 3.30. The summed E-state index contributed by atoms with van der Waals surface area (Å²) in [5, 5.41) is 5.52. The highest BCUT2D eigenvalue weighted by atomic mass is 32.1. The van der Waals surface area contributed by atoms with Crippen molar-refractivity contribution in [3.63, 3.8) is 0 Å². The minimum absolute atomic E-state index is 0.0834. The maximum Gasteiger partial charge on any atom is 0.308 e. The molecule has 2 N–H and O–H groups in total. The molecule has 1 aliphatic heterocycles. The maximum atomic E-state index is 12.8. The number of thiocarbonyl (C=S) groups is 1. The summed E-state index contributed by atoms with van der Waals surface area (Å²) in [5.74, 6) is -0.598. The van der Waals surface area contributed by atoms with Gasteiger partial charge in [0.05, 0.1) is 19.6 Å². The van der Waals surface area contributed by atoms with Crippen LogP contribution in [0, 0.1) is 0 Å². The molecular weight excluding hydrogens is 514 g/mol. The van der Waals surface area contributed by atoms with Crippen molar-refractivity contribution < 1.29 is 23.9 Å². The number of esters is 1. The SMILES string of the molecule is O=C(CC1C(=O)NCCN1C(=S)NC(=O)c1ccc(OCCc2ccccc2)cc1)OCCc1ccccc1. The molecule has 0 aliphatic carbocycles. The van der Waals surface area contributed by atoms with Gasteiger partial charge >= 0.3 is 5.97 Å². The number of nitrogens with one attached hydrogen (secondary N) is 2. The van der Waals surface area contributed by atoms with Crippen LogP contribution in [0.2, 0.25) is 0 Å². The number of ether oxygens (including phenoxy) is 2. The van der Waals surface area contributed by atoms with E-state index in [0.29, 0.717) is 37.4 Å². The van der Waals surface area contributed by atoms with Gasteiger partial charge in [0, 0.05) is 31.5 Å². The molecule has 39 heavy (non-hydrogen) atoms. The van der Waals surface area contributed by atoms with Crippen LogP contribution < -0.4 is 15.4 Å². The van der Waals surface area contributed by atoms with Gasteiger partial charge in [-0.2, -0.15) is 0 Å². The molecular formula is C30H31N3O5S. The summed E-state index contributed by atoms with van der Waals surface area (Å²) in [7, 11) is 0. The van der Waals surface area contributed by atoms with Crippen LogP contribution in [0.25, 0.3) is 0 Å². The third-order valence-electron chi connectivity index (χ3n) is 6.29. The molecule has 202 valence electrons. The Labute approximate surface area is 233 Å². The van der Waals surface area contributed by atoms with Gasteiger partial charge in [-0.25, -0.2) is 0 Å². The summed E-state index contributed by atoms with van der Waals surface area (Å²) in [6.07, 6.45) is 1.19. The number of nitrogens with zero attached hydrogens (tertiary/aromatic N) is 1. The van der Waals surface area contributed by atoms with Gasteiger partial charge in [0.2, 0.25) is 5.91 Å². The summed E-state index contributed by atoms with van der Waals surface area (Å²) in [5.41, 5.74) is 2.64. The number of benzene rings is 3. The lowest BCUT2D eigenvalue weighted by Gasteiger charge is -2.36. The Hall–Kier alpha value is -4.24. The molecule has 1 fully saturated rings. The average molecular weight is 546 g/mol. The predicted molar refractivity (Wildman–Crippen MR) is 151 cm³/mol. The van der Waals surface area contributed by atoms with Crippen LogP contribution in [0.4, 0.5) is 0 Å². The fraction of sp³-hybridized carbons (Fsp3) is 0.267. The number of piperazine rings is 1. The number of amides is 2. The standard InChI is InChI=1S/C30H31N3O5S/c34-27(38-20-16-23-9-5-2-6-10-23)21-26-29(36)31-17-18-33(26)30(39)32-28(35)24-11-13-25(14-12-24)37-19-15-22-7-3-1-4-8-22/h1-14,26H,15-21H2,(H,31,36)(H,32,35,39). The number of carbonyl (C=O) groups is 3. The molecule has 1 heterocycles. The molecule has 0 saturated carbocycles. The van der Waals surface area contributed by atoms with E-state index >= 15 is 0 Å². The topological polar surface area (TPSA) is 97.0 Å². The average Bonchev–Trinajstić information content (AvgIpc) is 2.95. The van der Waals surface area contributed by atoms with E-state index in [-0.39, 0.29) is 24.0 Å². The summed E-state index contributed by atoms with van der Waals surface area (Å²) in [4.78, 5) is 39.4. The molecule has 1 atom stereocenters. The van der Waals surface area contributed by atoms with Crippen molar-refractivity contribution in [3.8, 4) is 5.75 Å². The fourth-order valence-corrected chi connectivity index (χ4v) is 4.49. The number of carbonyl (C=O) groups excluding carboxylic acids is 3. The molecule has 0 aromatic heterocycles. The fourth-order valence-electron chi connectivity index (χ4n) is 4.18. The Balaban J connectivity index is 1.26. The third kappa shape index (κ3) is 8.38. The molecule has 9 heteroatoms. The maximum absolute atomic E-state index is 12.8. The summed E-state index contributed by atoms with van der Waals surface area (Å²) < 4.78 is 11.1. The minimum Gasteiger partial charge on any atom is -0.493 e. The Kier molecular flexibility index (Phi) is 10.0. The molecule has 0 radical (unpaired) electrons. The Morgan fingerprint density at radius 1 is 0.897 bits per heavy atom. The number of rotatable bonds is 10. The molecule has 1 unspecified atom stereocenters. The zero-order valence-electron chi connectivity index (χ0n) is 21.5. The Morgan fingerprint density at radius 3 is 2.15 bits per heavy atom. The lowest BCUT2D eigenvalue weighted by molar-refractivity contribution is -0.147. The Bertz CT molecular complexity index is 1270. The van der Waals surface area contributed by atoms with E-state index in [1.807, 2.05) is 60.7 Å². The van der Waals surface area contributed by atoms with E-state index in [0.717, 1.165) is 12.0 Å². The molecule has 0 bridgehead atoms. The number of hydrogen-bond acceptors (Lipinski definition) is 6. The van der Waals surface area contributed by atoms with Crippen molar-refractivity contribution >= 4 is 35.1 Å². The van der Waals surface area contributed by atoms with Gasteiger partial charge in [0.25, 0.3) is 5.91 Å². The van der Waals surface area contributed by atoms with E-state index in [1.165, 1.54) is 5.56 Å². The van der Waals surface area contributed by atoms with E-state index in [9.17, 15) is 14.4 Å². The van der Waals surface area contributed by atoms with Crippen LogP contribution in [0.5, 0.6) is 5.75 Å². The molecule has 1 saturated heterocycles.